The van der Waals surface area contributed by atoms with Crippen LogP contribution >= 0.6 is 12.2 Å². The molecule has 5 atom stereocenters. The number of thiocarbonyl (C=S) groups is 1. The highest BCUT2D eigenvalue weighted by atomic mass is 32.1. The van der Waals surface area contributed by atoms with Gasteiger partial charge in [0.05, 0.1) is 12.7 Å². The maximum Gasteiger partial charge on any atom is 0.305 e. The third kappa shape index (κ3) is 11.1. The van der Waals surface area contributed by atoms with Crippen LogP contribution in [0.15, 0.2) is 24.3 Å². The summed E-state index contributed by atoms with van der Waals surface area (Å²) in [5.74, 6) is 1.09. The van der Waals surface area contributed by atoms with E-state index in [1.807, 2.05) is 0 Å². The fraction of sp³-hybridized carbons (Fsp3) is 0.556. The largest absolute Gasteiger partial charge is 0.466 e. The number of esters is 3. The van der Waals surface area contributed by atoms with Crippen molar-refractivity contribution >= 4 is 40.9 Å². The van der Waals surface area contributed by atoms with Crippen molar-refractivity contribution in [3.8, 4) is 18.1 Å². The summed E-state index contributed by atoms with van der Waals surface area (Å²) in [7, 11) is 0. The molecule has 214 valence electrons. The minimum Gasteiger partial charge on any atom is -0.466 e. The minimum atomic E-state index is -1.39. The van der Waals surface area contributed by atoms with Crippen molar-refractivity contribution in [2.75, 3.05) is 18.5 Å². The summed E-state index contributed by atoms with van der Waals surface area (Å²) in [5.41, 5.74) is 0.699. The Morgan fingerprint density at radius 2 is 1.77 bits per heavy atom. The lowest BCUT2D eigenvalue weighted by molar-refractivity contribution is -0.281. The lowest BCUT2D eigenvalue weighted by Crippen LogP contribution is -2.61. The highest BCUT2D eigenvalue weighted by molar-refractivity contribution is 7.80. The van der Waals surface area contributed by atoms with E-state index < -0.39 is 48.6 Å². The molecule has 1 saturated heterocycles. The summed E-state index contributed by atoms with van der Waals surface area (Å²) in [6.07, 6.45) is 1.61. The highest BCUT2D eigenvalue weighted by Gasteiger charge is 2.50. The number of hydrogen-bond donors (Lipinski definition) is 3. The van der Waals surface area contributed by atoms with Gasteiger partial charge in [-0.05, 0) is 62.7 Å². The van der Waals surface area contributed by atoms with Crippen molar-refractivity contribution in [1.29, 1.82) is 0 Å². The predicted molar refractivity (Wildman–Crippen MR) is 146 cm³/mol. The molecule has 0 saturated carbocycles. The first kappa shape index (κ1) is 31.8. The predicted octanol–water partition coefficient (Wildman–Crippen LogP) is 2.45. The molecular formula is C27H36N2O9S. The van der Waals surface area contributed by atoms with Gasteiger partial charge in [-0.3, -0.25) is 14.4 Å². The van der Waals surface area contributed by atoms with Crippen LogP contribution in [0.4, 0.5) is 5.69 Å². The number of nitrogens with one attached hydrogen (secondary N) is 2. The van der Waals surface area contributed by atoms with Crippen molar-refractivity contribution in [3.05, 3.63) is 24.3 Å². The summed E-state index contributed by atoms with van der Waals surface area (Å²) in [6.45, 7) is 4.92. The van der Waals surface area contributed by atoms with E-state index in [1.165, 1.54) is 13.8 Å². The molecule has 1 aromatic carbocycles. The molecule has 2 rings (SSSR count). The number of carbonyl (C=O) groups excluding carboxylic acids is 3. The smallest absolute Gasteiger partial charge is 0.305 e. The van der Waals surface area contributed by atoms with Gasteiger partial charge in [0, 0.05) is 38.9 Å². The lowest BCUT2D eigenvalue weighted by Gasteiger charge is -2.43. The molecule has 0 amide bonds. The van der Waals surface area contributed by atoms with E-state index in [0.29, 0.717) is 23.1 Å². The topological polar surface area (TPSA) is 142 Å². The van der Waals surface area contributed by atoms with Crippen molar-refractivity contribution < 1.29 is 43.2 Å². The van der Waals surface area contributed by atoms with Crippen LogP contribution in [0.5, 0.6) is 5.75 Å². The first-order valence-electron chi connectivity index (χ1n) is 12.7. The molecule has 0 unspecified atom stereocenters. The second-order valence-electron chi connectivity index (χ2n) is 8.71. The number of terminal acetylenes is 1. The third-order valence-corrected chi connectivity index (χ3v) is 5.81. The monoisotopic (exact) mass is 564 g/mol. The summed E-state index contributed by atoms with van der Waals surface area (Å²) >= 11 is 5.30. The molecule has 12 heteroatoms. The van der Waals surface area contributed by atoms with E-state index >= 15 is 0 Å². The summed E-state index contributed by atoms with van der Waals surface area (Å²) in [6, 6.07) is 6.74. The zero-order valence-electron chi connectivity index (χ0n) is 22.3. The molecule has 3 N–H and O–H groups in total. The molecule has 11 nitrogen and oxygen atoms in total. The Bertz CT molecular complexity index is 1010. The van der Waals surface area contributed by atoms with Gasteiger partial charge in [0.2, 0.25) is 12.4 Å². The SMILES string of the molecule is C#CCCCCNC(=S)Nc1ccc(O[C@H]2O[C@H](CCC(=O)OCC)[C@@H](O)[C@H](OC(C)=O)[C@@H]2OC(C)=O)cc1. The number of ether oxygens (including phenoxy) is 5. The van der Waals surface area contributed by atoms with E-state index in [4.69, 9.17) is 42.3 Å². The van der Waals surface area contributed by atoms with E-state index in [0.717, 1.165) is 19.3 Å². The van der Waals surface area contributed by atoms with Crippen LogP contribution in [-0.4, -0.2) is 72.0 Å². The zero-order chi connectivity index (χ0) is 28.8. The Labute approximate surface area is 233 Å². The molecule has 0 aromatic heterocycles. The van der Waals surface area contributed by atoms with Gasteiger partial charge >= 0.3 is 17.9 Å². The van der Waals surface area contributed by atoms with Crippen molar-refractivity contribution in [1.82, 2.24) is 5.32 Å². The van der Waals surface area contributed by atoms with Crippen LogP contribution < -0.4 is 15.4 Å². The van der Waals surface area contributed by atoms with Gasteiger partial charge in [0.1, 0.15) is 11.9 Å². The van der Waals surface area contributed by atoms with Gasteiger partial charge in [0.25, 0.3) is 0 Å². The molecule has 0 spiro atoms. The molecule has 0 radical (unpaired) electrons. The van der Waals surface area contributed by atoms with Gasteiger partial charge in [-0.15, -0.1) is 12.3 Å². The Morgan fingerprint density at radius 3 is 2.38 bits per heavy atom. The summed E-state index contributed by atoms with van der Waals surface area (Å²) in [5, 5.41) is 17.5. The number of aliphatic hydroxyl groups is 1. The number of carbonyl (C=O) groups is 3. The second-order valence-corrected chi connectivity index (χ2v) is 9.12. The van der Waals surface area contributed by atoms with Gasteiger partial charge in [-0.1, -0.05) is 0 Å². The van der Waals surface area contributed by atoms with Crippen LogP contribution in [-0.2, 0) is 33.3 Å². The maximum absolute atomic E-state index is 11.9. The second kappa shape index (κ2) is 16.5. The first-order chi connectivity index (χ1) is 18.6. The number of benzene rings is 1. The molecule has 1 heterocycles. The van der Waals surface area contributed by atoms with Crippen LogP contribution in [0.3, 0.4) is 0 Å². The Balaban J connectivity index is 2.12. The lowest BCUT2D eigenvalue weighted by atomic mass is 9.95. The average Bonchev–Trinajstić information content (AvgIpc) is 2.87. The van der Waals surface area contributed by atoms with E-state index in [2.05, 4.69) is 16.6 Å². The highest BCUT2D eigenvalue weighted by Crippen LogP contribution is 2.31. The van der Waals surface area contributed by atoms with Crippen molar-refractivity contribution in [2.24, 2.45) is 0 Å². The molecule has 0 bridgehead atoms. The fourth-order valence-electron chi connectivity index (χ4n) is 3.84. The Morgan fingerprint density at radius 1 is 1.10 bits per heavy atom. The van der Waals surface area contributed by atoms with Crippen LogP contribution in [0, 0.1) is 12.3 Å². The minimum absolute atomic E-state index is 0.0501. The van der Waals surface area contributed by atoms with Gasteiger partial charge in [-0.25, -0.2) is 0 Å². The zero-order valence-corrected chi connectivity index (χ0v) is 23.2. The third-order valence-electron chi connectivity index (χ3n) is 5.56. The van der Waals surface area contributed by atoms with Crippen molar-refractivity contribution in [2.45, 2.75) is 83.6 Å². The summed E-state index contributed by atoms with van der Waals surface area (Å²) < 4.78 is 27.5. The average molecular weight is 565 g/mol. The summed E-state index contributed by atoms with van der Waals surface area (Å²) in [4.78, 5) is 35.5. The fourth-order valence-corrected chi connectivity index (χ4v) is 4.06. The Kier molecular flexibility index (Phi) is 13.5. The maximum atomic E-state index is 11.9. The van der Waals surface area contributed by atoms with Crippen LogP contribution in [0.1, 0.15) is 52.9 Å². The molecule has 39 heavy (non-hydrogen) atoms. The quantitative estimate of drug-likeness (QED) is 0.107. The standard InChI is InChI=1S/C27H36N2O9S/c1-5-7-8-9-16-28-27(39)29-19-10-12-20(13-11-19)37-26-25(36-18(4)31)24(35-17(3)30)23(33)21(38-26)14-15-22(32)34-6-2/h1,10-13,21,23-26,33H,6-9,14-16H2,2-4H3,(H2,28,29,39)/t21-,23-,24+,25+,26+/m1/s1. The normalized spacial score (nSPS) is 22.1. The van der Waals surface area contributed by atoms with Gasteiger partial charge in [-0.2, -0.15) is 0 Å². The number of aliphatic hydroxyl groups excluding tert-OH is 1. The molecule has 0 aliphatic carbocycles. The van der Waals surface area contributed by atoms with E-state index in [9.17, 15) is 19.5 Å². The van der Waals surface area contributed by atoms with Gasteiger partial charge in [0.15, 0.2) is 11.2 Å². The van der Waals surface area contributed by atoms with Crippen LogP contribution in [0.2, 0.25) is 0 Å². The van der Waals surface area contributed by atoms with E-state index in [1.54, 1.807) is 31.2 Å². The van der Waals surface area contributed by atoms with E-state index in [-0.39, 0.29) is 19.4 Å². The number of rotatable bonds is 13. The number of anilines is 1. The molecule has 1 aromatic rings. The van der Waals surface area contributed by atoms with Crippen LogP contribution in [0.25, 0.3) is 0 Å². The first-order valence-corrected chi connectivity index (χ1v) is 13.1. The van der Waals surface area contributed by atoms with Crippen molar-refractivity contribution in [3.63, 3.8) is 0 Å². The molecule has 1 fully saturated rings. The molecular weight excluding hydrogens is 528 g/mol. The Hall–Kier alpha value is -3.40. The van der Waals surface area contributed by atoms with Gasteiger partial charge < -0.3 is 39.4 Å². The molecule has 1 aliphatic rings. The number of unbranched alkanes of at least 4 members (excludes halogenated alkanes) is 2. The molecule has 1 aliphatic heterocycles. The number of hydrogen-bond acceptors (Lipinski definition) is 10.